The first kappa shape index (κ1) is 14.5. The number of furan rings is 1. The third-order valence-corrected chi connectivity index (χ3v) is 4.13. The summed E-state index contributed by atoms with van der Waals surface area (Å²) in [4.78, 5) is 12.9. The molecule has 1 aliphatic heterocycles. The molecule has 1 amide bonds. The Bertz CT molecular complexity index is 855. The molecule has 4 rings (SSSR count). The zero-order chi connectivity index (χ0) is 16.4. The van der Waals surface area contributed by atoms with Crippen LogP contribution in [0.25, 0.3) is 0 Å². The SMILES string of the molecule is O=C(c1ccccc1)N1N=C(c2ccco2)C[C@@H]1c1ccccc1. The molecule has 4 nitrogen and oxygen atoms in total. The van der Waals surface area contributed by atoms with E-state index < -0.39 is 0 Å². The van der Waals surface area contributed by atoms with E-state index in [1.165, 1.54) is 0 Å². The van der Waals surface area contributed by atoms with E-state index in [0.29, 0.717) is 17.7 Å². The van der Waals surface area contributed by atoms with Crippen molar-refractivity contribution in [2.45, 2.75) is 12.5 Å². The molecule has 1 aliphatic rings. The number of carbonyl (C=O) groups excluding carboxylic acids is 1. The van der Waals surface area contributed by atoms with Crippen molar-refractivity contribution in [1.29, 1.82) is 0 Å². The van der Waals surface area contributed by atoms with Crippen molar-refractivity contribution in [1.82, 2.24) is 5.01 Å². The van der Waals surface area contributed by atoms with E-state index in [-0.39, 0.29) is 11.9 Å². The molecule has 0 saturated heterocycles. The van der Waals surface area contributed by atoms with Gasteiger partial charge < -0.3 is 4.42 Å². The highest BCUT2D eigenvalue weighted by molar-refractivity contribution is 6.03. The summed E-state index contributed by atoms with van der Waals surface area (Å²) in [5, 5.41) is 6.14. The fourth-order valence-electron chi connectivity index (χ4n) is 2.94. The third-order valence-electron chi connectivity index (χ3n) is 4.13. The number of nitrogens with zero attached hydrogens (tertiary/aromatic N) is 2. The molecule has 0 aliphatic carbocycles. The van der Waals surface area contributed by atoms with Crippen LogP contribution in [0.5, 0.6) is 0 Å². The van der Waals surface area contributed by atoms with E-state index in [4.69, 9.17) is 4.42 Å². The molecule has 118 valence electrons. The number of hydrogen-bond acceptors (Lipinski definition) is 3. The largest absolute Gasteiger partial charge is 0.463 e. The summed E-state index contributed by atoms with van der Waals surface area (Å²) < 4.78 is 5.47. The van der Waals surface area contributed by atoms with E-state index in [1.807, 2.05) is 72.8 Å². The first-order valence-electron chi connectivity index (χ1n) is 7.88. The van der Waals surface area contributed by atoms with Gasteiger partial charge in [0.2, 0.25) is 0 Å². The van der Waals surface area contributed by atoms with Crippen LogP contribution in [0.15, 0.2) is 88.6 Å². The third kappa shape index (κ3) is 2.63. The summed E-state index contributed by atoms with van der Waals surface area (Å²) in [6.45, 7) is 0. The molecule has 0 bridgehead atoms. The molecule has 1 atom stereocenters. The quantitative estimate of drug-likeness (QED) is 0.724. The number of benzene rings is 2. The molecule has 2 heterocycles. The second kappa shape index (κ2) is 6.16. The van der Waals surface area contributed by atoms with Gasteiger partial charge >= 0.3 is 0 Å². The van der Waals surface area contributed by atoms with Crippen LogP contribution in [-0.2, 0) is 0 Å². The molecule has 1 aromatic heterocycles. The number of amides is 1. The van der Waals surface area contributed by atoms with E-state index in [9.17, 15) is 4.79 Å². The fourth-order valence-corrected chi connectivity index (χ4v) is 2.94. The minimum atomic E-state index is -0.126. The Kier molecular flexibility index (Phi) is 3.71. The smallest absolute Gasteiger partial charge is 0.274 e. The second-order valence-corrected chi connectivity index (χ2v) is 5.67. The Balaban J connectivity index is 1.72. The van der Waals surface area contributed by atoms with Gasteiger partial charge in [0.25, 0.3) is 5.91 Å². The van der Waals surface area contributed by atoms with Crippen LogP contribution in [0.3, 0.4) is 0 Å². The molecule has 0 spiro atoms. The maximum absolute atomic E-state index is 12.9. The maximum atomic E-state index is 12.9. The van der Waals surface area contributed by atoms with Crippen molar-refractivity contribution in [2.75, 3.05) is 0 Å². The Morgan fingerprint density at radius 1 is 0.958 bits per heavy atom. The maximum Gasteiger partial charge on any atom is 0.274 e. The zero-order valence-electron chi connectivity index (χ0n) is 13.0. The summed E-state index contributed by atoms with van der Waals surface area (Å²) in [5.74, 6) is 0.602. The standard InChI is InChI=1S/C20H16N2O2/c23-20(16-10-5-2-6-11-16)22-18(15-8-3-1-4-9-15)14-17(21-22)19-12-7-13-24-19/h1-13,18H,14H2/t18-/m1/s1. The fraction of sp³-hybridized carbons (Fsp3) is 0.100. The van der Waals surface area contributed by atoms with Gasteiger partial charge in [-0.15, -0.1) is 0 Å². The highest BCUT2D eigenvalue weighted by atomic mass is 16.3. The van der Waals surface area contributed by atoms with Gasteiger partial charge in [-0.25, -0.2) is 5.01 Å². The van der Waals surface area contributed by atoms with Crippen LogP contribution in [-0.4, -0.2) is 16.6 Å². The van der Waals surface area contributed by atoms with Gasteiger partial charge in [0, 0.05) is 12.0 Å². The van der Waals surface area contributed by atoms with E-state index in [1.54, 1.807) is 11.3 Å². The van der Waals surface area contributed by atoms with Crippen LogP contribution >= 0.6 is 0 Å². The number of rotatable bonds is 3. The zero-order valence-corrected chi connectivity index (χ0v) is 13.0. The normalized spacial score (nSPS) is 16.9. The summed E-state index contributed by atoms with van der Waals surface area (Å²) in [7, 11) is 0. The van der Waals surface area contributed by atoms with Crippen molar-refractivity contribution in [2.24, 2.45) is 5.10 Å². The van der Waals surface area contributed by atoms with Crippen molar-refractivity contribution in [3.8, 4) is 0 Å². The average molecular weight is 316 g/mol. The van der Waals surface area contributed by atoms with Gasteiger partial charge in [0.05, 0.1) is 12.3 Å². The summed E-state index contributed by atoms with van der Waals surface area (Å²) in [5.41, 5.74) is 2.48. The van der Waals surface area contributed by atoms with Gasteiger partial charge in [-0.1, -0.05) is 48.5 Å². The predicted molar refractivity (Wildman–Crippen MR) is 91.7 cm³/mol. The highest BCUT2D eigenvalue weighted by Gasteiger charge is 2.34. The molecule has 3 aromatic rings. The van der Waals surface area contributed by atoms with Crippen LogP contribution in [0.2, 0.25) is 0 Å². The lowest BCUT2D eigenvalue weighted by atomic mass is 10.0. The van der Waals surface area contributed by atoms with Crippen LogP contribution in [0.1, 0.15) is 34.1 Å². The van der Waals surface area contributed by atoms with Crippen LogP contribution < -0.4 is 0 Å². The van der Waals surface area contributed by atoms with Crippen LogP contribution in [0.4, 0.5) is 0 Å². The molecule has 4 heteroatoms. The van der Waals surface area contributed by atoms with E-state index in [2.05, 4.69) is 5.10 Å². The van der Waals surface area contributed by atoms with Crippen molar-refractivity contribution in [3.05, 3.63) is 95.9 Å². The molecule has 2 aromatic carbocycles. The number of carbonyl (C=O) groups is 1. The molecule has 0 saturated carbocycles. The molecule has 0 unspecified atom stereocenters. The average Bonchev–Trinajstić information content (AvgIpc) is 3.32. The summed E-state index contributed by atoms with van der Waals surface area (Å²) in [6, 6.07) is 22.8. The minimum Gasteiger partial charge on any atom is -0.463 e. The molecule has 0 radical (unpaired) electrons. The Morgan fingerprint density at radius 3 is 2.33 bits per heavy atom. The predicted octanol–water partition coefficient (Wildman–Crippen LogP) is 4.27. The molecular weight excluding hydrogens is 300 g/mol. The monoisotopic (exact) mass is 316 g/mol. The number of hydrazone groups is 1. The van der Waals surface area contributed by atoms with Gasteiger partial charge in [0.1, 0.15) is 11.5 Å². The first-order valence-corrected chi connectivity index (χ1v) is 7.88. The van der Waals surface area contributed by atoms with Gasteiger partial charge in [0.15, 0.2) is 0 Å². The summed E-state index contributed by atoms with van der Waals surface area (Å²) in [6.07, 6.45) is 2.26. The van der Waals surface area contributed by atoms with Crippen molar-refractivity contribution < 1.29 is 9.21 Å². The molecule has 0 fully saturated rings. The topological polar surface area (TPSA) is 45.8 Å². The lowest BCUT2D eigenvalue weighted by molar-refractivity contribution is 0.0711. The molecule has 0 N–H and O–H groups in total. The van der Waals surface area contributed by atoms with Gasteiger partial charge in [-0.05, 0) is 29.8 Å². The van der Waals surface area contributed by atoms with Gasteiger partial charge in [-0.3, -0.25) is 4.79 Å². The second-order valence-electron chi connectivity index (χ2n) is 5.67. The van der Waals surface area contributed by atoms with Gasteiger partial charge in [-0.2, -0.15) is 5.10 Å². The Labute approximate surface area is 140 Å². The van der Waals surface area contributed by atoms with E-state index >= 15 is 0 Å². The van der Waals surface area contributed by atoms with Crippen molar-refractivity contribution >= 4 is 11.6 Å². The highest BCUT2D eigenvalue weighted by Crippen LogP contribution is 2.33. The molecule has 24 heavy (non-hydrogen) atoms. The Hall–Kier alpha value is -3.14. The first-order chi connectivity index (χ1) is 11.8. The number of hydrogen-bond donors (Lipinski definition) is 0. The Morgan fingerprint density at radius 2 is 1.67 bits per heavy atom. The van der Waals surface area contributed by atoms with Crippen LogP contribution in [0, 0.1) is 0 Å². The van der Waals surface area contributed by atoms with Crippen molar-refractivity contribution in [3.63, 3.8) is 0 Å². The molecular formula is C20H16N2O2. The minimum absolute atomic E-state index is 0.106. The summed E-state index contributed by atoms with van der Waals surface area (Å²) >= 11 is 0. The lowest BCUT2D eigenvalue weighted by Crippen LogP contribution is -2.27. The van der Waals surface area contributed by atoms with E-state index in [0.717, 1.165) is 11.3 Å². The lowest BCUT2D eigenvalue weighted by Gasteiger charge is -2.22.